The number of aromatic nitrogens is 2. The summed E-state index contributed by atoms with van der Waals surface area (Å²) in [5.41, 5.74) is 2.91. The maximum absolute atomic E-state index is 12.3. The van der Waals surface area contributed by atoms with Crippen LogP contribution in [-0.2, 0) is 13.1 Å². The van der Waals surface area contributed by atoms with Crippen molar-refractivity contribution in [2.24, 2.45) is 4.99 Å². The summed E-state index contributed by atoms with van der Waals surface area (Å²) in [7, 11) is 1.67. The summed E-state index contributed by atoms with van der Waals surface area (Å²) in [5, 5.41) is 6.42. The predicted octanol–water partition coefficient (Wildman–Crippen LogP) is 4.66. The number of ether oxygens (including phenoxy) is 1. The molecule has 1 heterocycles. The summed E-state index contributed by atoms with van der Waals surface area (Å²) in [6, 6.07) is 14.6. The number of aryl methyl sites for hydroxylation is 2. The molecule has 32 heavy (non-hydrogen) atoms. The van der Waals surface area contributed by atoms with E-state index in [2.05, 4.69) is 31.2 Å². The van der Waals surface area contributed by atoms with Crippen LogP contribution in [0.4, 0.5) is 13.2 Å². The van der Waals surface area contributed by atoms with Crippen LogP contribution in [-0.4, -0.2) is 41.9 Å². The number of fused-ring (bicyclic) bond motifs is 1. The first-order valence-electron chi connectivity index (χ1n) is 10.0. The molecule has 0 atom stereocenters. The molecule has 3 aromatic rings. The van der Waals surface area contributed by atoms with Crippen LogP contribution in [0.5, 0.6) is 5.75 Å². The van der Waals surface area contributed by atoms with Crippen LogP contribution in [0.2, 0.25) is 0 Å². The Morgan fingerprint density at radius 2 is 1.91 bits per heavy atom. The second-order valence-corrected chi connectivity index (χ2v) is 7.06. The fourth-order valence-electron chi connectivity index (χ4n) is 3.24. The molecule has 2 N–H and O–H groups in total. The molecule has 0 radical (unpaired) electrons. The van der Waals surface area contributed by atoms with Crippen LogP contribution >= 0.6 is 24.0 Å². The summed E-state index contributed by atoms with van der Waals surface area (Å²) < 4.78 is 43.9. The highest BCUT2D eigenvalue weighted by atomic mass is 127. The zero-order chi connectivity index (χ0) is 22.3. The minimum atomic E-state index is -4.36. The molecular weight excluding hydrogens is 534 g/mol. The molecule has 0 fully saturated rings. The third kappa shape index (κ3) is 7.57. The molecule has 0 amide bonds. The van der Waals surface area contributed by atoms with Crippen molar-refractivity contribution in [3.63, 3.8) is 0 Å². The van der Waals surface area contributed by atoms with E-state index in [4.69, 9.17) is 4.74 Å². The van der Waals surface area contributed by atoms with Crippen molar-refractivity contribution in [2.45, 2.75) is 32.6 Å². The van der Waals surface area contributed by atoms with Gasteiger partial charge in [-0.1, -0.05) is 24.3 Å². The summed E-state index contributed by atoms with van der Waals surface area (Å²) in [6.45, 7) is 2.64. The number of rotatable bonds is 8. The van der Waals surface area contributed by atoms with E-state index in [0.29, 0.717) is 19.0 Å². The van der Waals surface area contributed by atoms with Crippen molar-refractivity contribution >= 4 is 41.0 Å². The third-order valence-corrected chi connectivity index (χ3v) is 4.68. The minimum absolute atomic E-state index is 0. The molecule has 0 aliphatic rings. The molecule has 0 bridgehead atoms. The molecule has 0 spiro atoms. The number of benzene rings is 2. The molecule has 1 aromatic heterocycles. The fraction of sp³-hybridized carbons (Fsp3) is 0.364. The van der Waals surface area contributed by atoms with Crippen LogP contribution < -0.4 is 15.4 Å². The Bertz CT molecular complexity index is 1040. The molecule has 0 saturated carbocycles. The van der Waals surface area contributed by atoms with Gasteiger partial charge in [-0.15, -0.1) is 24.0 Å². The normalized spacial score (nSPS) is 11.8. The van der Waals surface area contributed by atoms with E-state index < -0.39 is 12.8 Å². The number of nitrogens with one attached hydrogen (secondary N) is 2. The Hall–Kier alpha value is -2.50. The number of para-hydroxylation sites is 2. The van der Waals surface area contributed by atoms with Crippen LogP contribution in [0.1, 0.15) is 17.8 Å². The topological polar surface area (TPSA) is 63.5 Å². The van der Waals surface area contributed by atoms with E-state index in [1.165, 1.54) is 6.07 Å². The van der Waals surface area contributed by atoms with Crippen LogP contribution in [0, 0.1) is 6.92 Å². The van der Waals surface area contributed by atoms with E-state index in [1.807, 2.05) is 31.2 Å². The number of nitrogens with zero attached hydrogens (tertiary/aromatic N) is 3. The molecule has 0 saturated heterocycles. The smallest absolute Gasteiger partial charge is 0.422 e. The molecule has 0 unspecified atom stereocenters. The summed E-state index contributed by atoms with van der Waals surface area (Å²) >= 11 is 0. The first kappa shape index (κ1) is 25.8. The van der Waals surface area contributed by atoms with E-state index >= 15 is 0 Å². The number of imidazole rings is 1. The first-order valence-corrected chi connectivity index (χ1v) is 10.0. The monoisotopic (exact) mass is 561 g/mol. The van der Waals surface area contributed by atoms with Gasteiger partial charge in [0.15, 0.2) is 12.6 Å². The Balaban J connectivity index is 0.00000363. The van der Waals surface area contributed by atoms with Gasteiger partial charge in [0.2, 0.25) is 0 Å². The van der Waals surface area contributed by atoms with Crippen LogP contribution in [0.25, 0.3) is 11.0 Å². The van der Waals surface area contributed by atoms with Gasteiger partial charge in [-0.3, -0.25) is 4.99 Å². The zero-order valence-electron chi connectivity index (χ0n) is 17.9. The maximum atomic E-state index is 12.3. The predicted molar refractivity (Wildman–Crippen MR) is 131 cm³/mol. The molecular formula is C22H27F3IN5O. The van der Waals surface area contributed by atoms with Crippen molar-refractivity contribution in [3.05, 3.63) is 59.9 Å². The van der Waals surface area contributed by atoms with Crippen molar-refractivity contribution in [2.75, 3.05) is 20.2 Å². The fourth-order valence-corrected chi connectivity index (χ4v) is 3.24. The van der Waals surface area contributed by atoms with Gasteiger partial charge in [-0.25, -0.2) is 4.98 Å². The number of guanidine groups is 1. The number of aliphatic imine (C=N–C) groups is 1. The van der Waals surface area contributed by atoms with Crippen LogP contribution in [0.3, 0.4) is 0 Å². The molecule has 10 heteroatoms. The summed E-state index contributed by atoms with van der Waals surface area (Å²) in [5.74, 6) is 1.78. The Kier molecular flexibility index (Phi) is 9.60. The average Bonchev–Trinajstić information content (AvgIpc) is 3.06. The Morgan fingerprint density at radius 3 is 2.66 bits per heavy atom. The number of alkyl halides is 3. The van der Waals surface area contributed by atoms with Crippen molar-refractivity contribution in [1.29, 1.82) is 0 Å². The van der Waals surface area contributed by atoms with Crippen molar-refractivity contribution in [1.82, 2.24) is 20.2 Å². The molecule has 2 aromatic carbocycles. The molecule has 0 aliphatic carbocycles. The standard InChI is InChI=1S/C22H26F3N5O.HI/c1-16-29-19-9-3-4-10-20(19)30(16)12-6-11-27-21(26-2)28-14-17-7-5-8-18(13-17)31-15-22(23,24)25;/h3-5,7-10,13H,6,11-12,14-15H2,1-2H3,(H2,26,27,28);1H. The van der Waals surface area contributed by atoms with E-state index in [9.17, 15) is 13.2 Å². The van der Waals surface area contributed by atoms with Gasteiger partial charge in [0.25, 0.3) is 0 Å². The second kappa shape index (κ2) is 11.9. The van der Waals surface area contributed by atoms with Crippen molar-refractivity contribution in [3.8, 4) is 5.75 Å². The first-order chi connectivity index (χ1) is 14.9. The number of hydrogen-bond donors (Lipinski definition) is 2. The lowest BCUT2D eigenvalue weighted by Gasteiger charge is -2.14. The highest BCUT2D eigenvalue weighted by Gasteiger charge is 2.28. The molecule has 0 aliphatic heterocycles. The van der Waals surface area contributed by atoms with Gasteiger partial charge in [-0.05, 0) is 43.2 Å². The van der Waals surface area contributed by atoms with Gasteiger partial charge >= 0.3 is 6.18 Å². The number of halogens is 4. The van der Waals surface area contributed by atoms with E-state index in [-0.39, 0.29) is 29.7 Å². The molecule has 3 rings (SSSR count). The van der Waals surface area contributed by atoms with Crippen LogP contribution in [0.15, 0.2) is 53.5 Å². The summed E-state index contributed by atoms with van der Waals surface area (Å²) in [4.78, 5) is 8.77. The highest BCUT2D eigenvalue weighted by molar-refractivity contribution is 14.0. The van der Waals surface area contributed by atoms with Gasteiger partial charge in [0, 0.05) is 26.7 Å². The number of hydrogen-bond acceptors (Lipinski definition) is 3. The maximum Gasteiger partial charge on any atom is 0.422 e. The highest BCUT2D eigenvalue weighted by Crippen LogP contribution is 2.19. The Labute approximate surface area is 202 Å². The van der Waals surface area contributed by atoms with Gasteiger partial charge in [0.05, 0.1) is 11.0 Å². The van der Waals surface area contributed by atoms with E-state index in [1.54, 1.807) is 19.2 Å². The Morgan fingerprint density at radius 1 is 1.12 bits per heavy atom. The zero-order valence-corrected chi connectivity index (χ0v) is 20.3. The average molecular weight is 561 g/mol. The molecule has 174 valence electrons. The largest absolute Gasteiger partial charge is 0.484 e. The van der Waals surface area contributed by atoms with Gasteiger partial charge in [-0.2, -0.15) is 13.2 Å². The lowest BCUT2D eigenvalue weighted by atomic mass is 10.2. The quantitative estimate of drug-likeness (QED) is 0.182. The minimum Gasteiger partial charge on any atom is -0.484 e. The van der Waals surface area contributed by atoms with E-state index in [0.717, 1.165) is 35.4 Å². The molecule has 6 nitrogen and oxygen atoms in total. The third-order valence-electron chi connectivity index (χ3n) is 4.68. The second-order valence-electron chi connectivity index (χ2n) is 7.06. The lowest BCUT2D eigenvalue weighted by molar-refractivity contribution is -0.153. The van der Waals surface area contributed by atoms with Gasteiger partial charge < -0.3 is 19.9 Å². The van der Waals surface area contributed by atoms with Gasteiger partial charge in [0.1, 0.15) is 11.6 Å². The lowest BCUT2D eigenvalue weighted by Crippen LogP contribution is -2.37. The van der Waals surface area contributed by atoms with Crippen molar-refractivity contribution < 1.29 is 17.9 Å². The SMILES string of the molecule is CN=C(NCCCn1c(C)nc2ccccc21)NCc1cccc(OCC(F)(F)F)c1.I. The summed E-state index contributed by atoms with van der Waals surface area (Å²) in [6.07, 6.45) is -3.48.